The molecule has 174 valence electrons. The first-order chi connectivity index (χ1) is 14.8. The predicted molar refractivity (Wildman–Crippen MR) is 131 cm³/mol. The molecule has 0 unspecified atom stereocenters. The lowest BCUT2D eigenvalue weighted by Gasteiger charge is -2.34. The first kappa shape index (κ1) is 24.2. The van der Waals surface area contributed by atoms with E-state index in [-0.39, 0.29) is 22.6 Å². The Morgan fingerprint density at radius 3 is 1.91 bits per heavy atom. The van der Waals surface area contributed by atoms with Crippen LogP contribution in [0.5, 0.6) is 0 Å². The highest BCUT2D eigenvalue weighted by molar-refractivity contribution is 5.99. The van der Waals surface area contributed by atoms with Crippen molar-refractivity contribution in [3.05, 3.63) is 58.4 Å². The van der Waals surface area contributed by atoms with E-state index >= 15 is 0 Å². The average Bonchev–Trinajstić information content (AvgIpc) is 3.02. The topological polar surface area (TPSA) is 45.6 Å². The van der Waals surface area contributed by atoms with Gasteiger partial charge in [0.25, 0.3) is 5.91 Å². The van der Waals surface area contributed by atoms with Crippen molar-refractivity contribution in [3.63, 3.8) is 0 Å². The van der Waals surface area contributed by atoms with Crippen molar-refractivity contribution in [2.45, 2.75) is 66.3 Å². The molecule has 32 heavy (non-hydrogen) atoms. The largest absolute Gasteiger partial charge is 0.343 e. The van der Waals surface area contributed by atoms with Gasteiger partial charge in [-0.3, -0.25) is 14.5 Å². The number of amides is 1. The van der Waals surface area contributed by atoms with Gasteiger partial charge in [0, 0.05) is 54.2 Å². The molecular formula is C27H39N3O2. The number of carbonyl (C=O) groups excluding carboxylic acids is 2. The lowest BCUT2D eigenvalue weighted by molar-refractivity contribution is 0.0624. The third-order valence-corrected chi connectivity index (χ3v) is 6.43. The van der Waals surface area contributed by atoms with Crippen LogP contribution in [0.3, 0.4) is 0 Å². The van der Waals surface area contributed by atoms with Crippen LogP contribution in [0.4, 0.5) is 0 Å². The van der Waals surface area contributed by atoms with Crippen molar-refractivity contribution in [3.8, 4) is 0 Å². The monoisotopic (exact) mass is 437 g/mol. The van der Waals surface area contributed by atoms with Gasteiger partial charge in [-0.1, -0.05) is 32.9 Å². The van der Waals surface area contributed by atoms with E-state index in [2.05, 4.69) is 70.1 Å². The molecule has 1 aromatic carbocycles. The highest BCUT2D eigenvalue weighted by Crippen LogP contribution is 2.25. The molecule has 0 spiro atoms. The summed E-state index contributed by atoms with van der Waals surface area (Å²) < 4.78 is 2.24. The fraction of sp³-hybridized carbons (Fsp3) is 0.556. The highest BCUT2D eigenvalue weighted by Gasteiger charge is 2.27. The Labute approximate surface area is 193 Å². The lowest BCUT2D eigenvalue weighted by Crippen LogP contribution is -2.49. The van der Waals surface area contributed by atoms with Gasteiger partial charge in [0.1, 0.15) is 0 Å². The summed E-state index contributed by atoms with van der Waals surface area (Å²) in [6.45, 7) is 20.2. The summed E-state index contributed by atoms with van der Waals surface area (Å²) in [5.74, 6) is 0.233. The summed E-state index contributed by atoms with van der Waals surface area (Å²) >= 11 is 0. The molecule has 1 aliphatic heterocycles. The normalized spacial score (nSPS) is 15.8. The summed E-state index contributed by atoms with van der Waals surface area (Å²) in [5, 5.41) is 0. The number of benzene rings is 1. The van der Waals surface area contributed by atoms with Gasteiger partial charge < -0.3 is 9.47 Å². The predicted octanol–water partition coefficient (Wildman–Crippen LogP) is 4.80. The molecule has 3 rings (SSSR count). The molecule has 0 N–H and O–H groups in total. The smallest absolute Gasteiger partial charge is 0.253 e. The Bertz CT molecular complexity index is 980. The second-order valence-electron chi connectivity index (χ2n) is 11.1. The second kappa shape index (κ2) is 8.86. The van der Waals surface area contributed by atoms with Crippen LogP contribution in [-0.2, 0) is 11.0 Å². The molecule has 0 bridgehead atoms. The molecule has 1 saturated heterocycles. The zero-order valence-electron chi connectivity index (χ0n) is 21.1. The molecule has 0 radical (unpaired) electrons. The highest BCUT2D eigenvalue weighted by atomic mass is 16.2. The minimum atomic E-state index is -0.0518. The standard InChI is InChI=1S/C27H39N3O2/c1-19-17-23(20(2)30(19)27(6,7)8)24(31)18-28-13-15-29(16-14-28)25(32)21-9-11-22(12-10-21)26(3,4)5/h9-12,17H,13-16,18H2,1-8H3. The minimum absolute atomic E-state index is 0.0518. The third kappa shape index (κ3) is 5.15. The van der Waals surface area contributed by atoms with E-state index in [9.17, 15) is 9.59 Å². The SMILES string of the molecule is Cc1cc(C(=O)CN2CCN(C(=O)c3ccc(C(C)(C)C)cc3)CC2)c(C)n1C(C)(C)C. The lowest BCUT2D eigenvalue weighted by atomic mass is 9.86. The van der Waals surface area contributed by atoms with E-state index in [0.29, 0.717) is 19.6 Å². The molecule has 1 amide bonds. The molecule has 1 aromatic heterocycles. The molecule has 2 heterocycles. The molecule has 0 saturated carbocycles. The van der Waals surface area contributed by atoms with Gasteiger partial charge in [-0.05, 0) is 63.8 Å². The first-order valence-corrected chi connectivity index (χ1v) is 11.6. The van der Waals surface area contributed by atoms with Crippen molar-refractivity contribution in [2.24, 2.45) is 0 Å². The van der Waals surface area contributed by atoms with Crippen LogP contribution in [0.25, 0.3) is 0 Å². The Morgan fingerprint density at radius 1 is 0.875 bits per heavy atom. The molecule has 5 heteroatoms. The zero-order chi connectivity index (χ0) is 23.8. The van der Waals surface area contributed by atoms with Crippen LogP contribution in [0.15, 0.2) is 30.3 Å². The Hall–Kier alpha value is -2.40. The number of carbonyl (C=O) groups is 2. The van der Waals surface area contributed by atoms with E-state index in [1.54, 1.807) is 0 Å². The van der Waals surface area contributed by atoms with E-state index in [4.69, 9.17) is 0 Å². The van der Waals surface area contributed by atoms with Crippen molar-refractivity contribution in [2.75, 3.05) is 32.7 Å². The van der Waals surface area contributed by atoms with E-state index < -0.39 is 0 Å². The van der Waals surface area contributed by atoms with Crippen molar-refractivity contribution in [1.29, 1.82) is 0 Å². The Kier molecular flexibility index (Phi) is 6.71. The van der Waals surface area contributed by atoms with Gasteiger partial charge in [0.15, 0.2) is 5.78 Å². The van der Waals surface area contributed by atoms with Crippen molar-refractivity contribution < 1.29 is 9.59 Å². The number of hydrogen-bond donors (Lipinski definition) is 0. The summed E-state index contributed by atoms with van der Waals surface area (Å²) in [7, 11) is 0. The quantitative estimate of drug-likeness (QED) is 0.646. The molecule has 1 aliphatic rings. The van der Waals surface area contributed by atoms with Crippen LogP contribution in [0, 0.1) is 13.8 Å². The maximum atomic E-state index is 13.0. The number of Topliss-reactive ketones (excluding diaryl/α,β-unsaturated/α-hetero) is 1. The number of aromatic nitrogens is 1. The number of hydrogen-bond acceptors (Lipinski definition) is 3. The van der Waals surface area contributed by atoms with Gasteiger partial charge in [0.2, 0.25) is 0 Å². The van der Waals surface area contributed by atoms with Crippen LogP contribution in [0.2, 0.25) is 0 Å². The summed E-state index contributed by atoms with van der Waals surface area (Å²) in [5.41, 5.74) is 4.95. The molecule has 1 fully saturated rings. The summed E-state index contributed by atoms with van der Waals surface area (Å²) in [4.78, 5) is 30.0. The van der Waals surface area contributed by atoms with Gasteiger partial charge in [-0.25, -0.2) is 0 Å². The Balaban J connectivity index is 1.59. The number of nitrogens with zero attached hydrogens (tertiary/aromatic N) is 3. The van der Waals surface area contributed by atoms with Gasteiger partial charge >= 0.3 is 0 Å². The van der Waals surface area contributed by atoms with Crippen LogP contribution in [0.1, 0.15) is 79.2 Å². The third-order valence-electron chi connectivity index (χ3n) is 6.43. The molecule has 0 aliphatic carbocycles. The van der Waals surface area contributed by atoms with Gasteiger partial charge in [0.05, 0.1) is 6.54 Å². The average molecular weight is 438 g/mol. The molecule has 0 atom stereocenters. The fourth-order valence-electron chi connectivity index (χ4n) is 4.77. The molecular weight excluding hydrogens is 398 g/mol. The number of piperazine rings is 1. The van der Waals surface area contributed by atoms with Gasteiger partial charge in [-0.2, -0.15) is 0 Å². The number of rotatable bonds is 4. The first-order valence-electron chi connectivity index (χ1n) is 11.6. The molecule has 2 aromatic rings. The van der Waals surface area contributed by atoms with Crippen molar-refractivity contribution in [1.82, 2.24) is 14.4 Å². The maximum absolute atomic E-state index is 13.0. The van der Waals surface area contributed by atoms with E-state index in [1.807, 2.05) is 30.0 Å². The fourth-order valence-corrected chi connectivity index (χ4v) is 4.77. The summed E-state index contributed by atoms with van der Waals surface area (Å²) in [6.07, 6.45) is 0. The minimum Gasteiger partial charge on any atom is -0.343 e. The Morgan fingerprint density at radius 2 is 1.44 bits per heavy atom. The van der Waals surface area contributed by atoms with E-state index in [1.165, 1.54) is 5.56 Å². The van der Waals surface area contributed by atoms with Crippen LogP contribution < -0.4 is 0 Å². The van der Waals surface area contributed by atoms with Crippen LogP contribution >= 0.6 is 0 Å². The molecule has 5 nitrogen and oxygen atoms in total. The zero-order valence-corrected chi connectivity index (χ0v) is 21.1. The van der Waals surface area contributed by atoms with Crippen LogP contribution in [-0.4, -0.2) is 58.8 Å². The van der Waals surface area contributed by atoms with E-state index in [0.717, 1.165) is 35.6 Å². The summed E-state index contributed by atoms with van der Waals surface area (Å²) in [6, 6.07) is 9.99. The number of ketones is 1. The maximum Gasteiger partial charge on any atom is 0.253 e. The van der Waals surface area contributed by atoms with Crippen molar-refractivity contribution >= 4 is 11.7 Å². The number of aryl methyl sites for hydroxylation is 1. The second-order valence-corrected chi connectivity index (χ2v) is 11.1. The van der Waals surface area contributed by atoms with Gasteiger partial charge in [-0.15, -0.1) is 0 Å².